The van der Waals surface area contributed by atoms with Crippen LogP contribution in [0.2, 0.25) is 0 Å². The summed E-state index contributed by atoms with van der Waals surface area (Å²) in [5.41, 5.74) is 0. The van der Waals surface area contributed by atoms with E-state index in [1.807, 2.05) is 35.2 Å². The van der Waals surface area contributed by atoms with Gasteiger partial charge in [0.25, 0.3) is 5.91 Å². The van der Waals surface area contributed by atoms with E-state index in [0.29, 0.717) is 70.5 Å². The van der Waals surface area contributed by atoms with Crippen molar-refractivity contribution < 1.29 is 23.5 Å². The lowest BCUT2D eigenvalue weighted by atomic mass is 10.2. The molecule has 0 aliphatic carbocycles. The zero-order valence-corrected chi connectivity index (χ0v) is 18.2. The van der Waals surface area contributed by atoms with Crippen molar-refractivity contribution in [3.05, 3.63) is 54.0 Å². The van der Waals surface area contributed by atoms with Crippen LogP contribution in [0.15, 0.2) is 46.9 Å². The molecular formula is C22H28ClN3O5. The Labute approximate surface area is 188 Å². The quantitative estimate of drug-likeness (QED) is 0.670. The van der Waals surface area contributed by atoms with Gasteiger partial charge in [-0.05, 0) is 24.3 Å². The van der Waals surface area contributed by atoms with Gasteiger partial charge in [0.2, 0.25) is 5.91 Å². The van der Waals surface area contributed by atoms with E-state index < -0.39 is 0 Å². The van der Waals surface area contributed by atoms with Crippen molar-refractivity contribution >= 4 is 24.2 Å². The number of amides is 2. The van der Waals surface area contributed by atoms with Crippen LogP contribution in [-0.2, 0) is 16.1 Å². The molecule has 2 aliphatic rings. The summed E-state index contributed by atoms with van der Waals surface area (Å²) in [6.45, 7) is 5.69. The summed E-state index contributed by atoms with van der Waals surface area (Å²) in [6, 6.07) is 12.9. The maximum Gasteiger partial charge on any atom is 0.289 e. The molecule has 2 fully saturated rings. The van der Waals surface area contributed by atoms with Gasteiger partial charge in [-0.3, -0.25) is 14.5 Å². The monoisotopic (exact) mass is 449 g/mol. The van der Waals surface area contributed by atoms with E-state index in [1.54, 1.807) is 17.0 Å². The minimum absolute atomic E-state index is 0. The number of para-hydroxylation sites is 1. The second-order valence-electron chi connectivity index (χ2n) is 7.43. The highest BCUT2D eigenvalue weighted by molar-refractivity contribution is 5.91. The maximum absolute atomic E-state index is 12.7. The third-order valence-corrected chi connectivity index (χ3v) is 5.38. The van der Waals surface area contributed by atoms with Gasteiger partial charge in [-0.1, -0.05) is 18.2 Å². The molecule has 2 amide bonds. The van der Waals surface area contributed by atoms with Crippen molar-refractivity contribution in [1.82, 2.24) is 14.7 Å². The van der Waals surface area contributed by atoms with Gasteiger partial charge in [-0.25, -0.2) is 0 Å². The van der Waals surface area contributed by atoms with E-state index in [2.05, 4.69) is 4.90 Å². The number of rotatable bonds is 6. The Kier molecular flexibility index (Phi) is 8.34. The molecule has 2 saturated heterocycles. The summed E-state index contributed by atoms with van der Waals surface area (Å²) in [5.74, 6) is 1.69. The van der Waals surface area contributed by atoms with Gasteiger partial charge >= 0.3 is 0 Å². The van der Waals surface area contributed by atoms with Crippen LogP contribution in [0.25, 0.3) is 0 Å². The number of piperazine rings is 1. The van der Waals surface area contributed by atoms with Gasteiger partial charge < -0.3 is 23.7 Å². The molecule has 0 atom stereocenters. The molecule has 0 bridgehead atoms. The first-order chi connectivity index (χ1) is 14.7. The Bertz CT molecular complexity index is 846. The average Bonchev–Trinajstić information content (AvgIpc) is 3.28. The zero-order chi connectivity index (χ0) is 20.8. The van der Waals surface area contributed by atoms with Crippen LogP contribution < -0.4 is 4.74 Å². The molecule has 3 heterocycles. The predicted molar refractivity (Wildman–Crippen MR) is 116 cm³/mol. The molecule has 0 N–H and O–H groups in total. The fourth-order valence-electron chi connectivity index (χ4n) is 3.61. The van der Waals surface area contributed by atoms with Crippen molar-refractivity contribution in [2.45, 2.75) is 6.61 Å². The Morgan fingerprint density at radius 1 is 0.871 bits per heavy atom. The van der Waals surface area contributed by atoms with Crippen molar-refractivity contribution in [3.63, 3.8) is 0 Å². The summed E-state index contributed by atoms with van der Waals surface area (Å²) in [5, 5.41) is 0. The molecule has 0 saturated carbocycles. The molecule has 31 heavy (non-hydrogen) atoms. The van der Waals surface area contributed by atoms with Crippen LogP contribution >= 0.6 is 12.4 Å². The van der Waals surface area contributed by atoms with Crippen LogP contribution in [0.3, 0.4) is 0 Å². The first-order valence-corrected chi connectivity index (χ1v) is 10.3. The minimum Gasteiger partial charge on any atom is -0.486 e. The number of morpholine rings is 1. The number of furan rings is 1. The minimum atomic E-state index is -0.125. The van der Waals surface area contributed by atoms with Crippen LogP contribution in [0.1, 0.15) is 16.3 Å². The number of hydrogen-bond donors (Lipinski definition) is 0. The largest absolute Gasteiger partial charge is 0.486 e. The summed E-state index contributed by atoms with van der Waals surface area (Å²) in [6.07, 6.45) is 0. The standard InChI is InChI=1S/C22H27N3O5.ClH/c26-21(24-12-14-28-15-13-24)16-23-8-10-25(11-9-23)22(27)20-7-6-19(30-20)17-29-18-4-2-1-3-5-18;/h1-7H,8-17H2;1H. The molecule has 9 heteroatoms. The molecule has 1 aromatic heterocycles. The summed E-state index contributed by atoms with van der Waals surface area (Å²) >= 11 is 0. The normalized spacial score (nSPS) is 17.2. The molecule has 4 rings (SSSR count). The van der Waals surface area contributed by atoms with Gasteiger partial charge in [-0.2, -0.15) is 0 Å². The molecule has 8 nitrogen and oxygen atoms in total. The van der Waals surface area contributed by atoms with Crippen LogP contribution in [-0.4, -0.2) is 85.5 Å². The summed E-state index contributed by atoms with van der Waals surface area (Å²) in [7, 11) is 0. The van der Waals surface area contributed by atoms with Crippen molar-refractivity contribution in [2.24, 2.45) is 0 Å². The molecule has 1 aromatic carbocycles. The Balaban J connectivity index is 0.00000272. The van der Waals surface area contributed by atoms with Crippen molar-refractivity contribution in [1.29, 1.82) is 0 Å². The molecule has 168 valence electrons. The van der Waals surface area contributed by atoms with E-state index in [4.69, 9.17) is 13.9 Å². The Hall–Kier alpha value is -2.55. The lowest BCUT2D eigenvalue weighted by molar-refractivity contribution is -0.136. The Morgan fingerprint density at radius 3 is 2.29 bits per heavy atom. The molecule has 0 unspecified atom stereocenters. The zero-order valence-electron chi connectivity index (χ0n) is 17.4. The molecule has 0 spiro atoms. The number of carbonyl (C=O) groups excluding carboxylic acids is 2. The second kappa shape index (κ2) is 11.2. The SMILES string of the molecule is Cl.O=C(CN1CCN(C(=O)c2ccc(COc3ccccc3)o2)CC1)N1CCOCC1. The average molecular weight is 450 g/mol. The lowest BCUT2D eigenvalue weighted by Crippen LogP contribution is -2.52. The highest BCUT2D eigenvalue weighted by atomic mass is 35.5. The van der Waals surface area contributed by atoms with Crippen molar-refractivity contribution in [2.75, 3.05) is 59.0 Å². The van der Waals surface area contributed by atoms with E-state index >= 15 is 0 Å². The first kappa shape index (κ1) is 23.1. The fourth-order valence-corrected chi connectivity index (χ4v) is 3.61. The van der Waals surface area contributed by atoms with Crippen LogP contribution in [0, 0.1) is 0 Å². The van der Waals surface area contributed by atoms with E-state index in [-0.39, 0.29) is 30.8 Å². The maximum atomic E-state index is 12.7. The van der Waals surface area contributed by atoms with Crippen molar-refractivity contribution in [3.8, 4) is 5.75 Å². The number of halogens is 1. The van der Waals surface area contributed by atoms with E-state index in [1.165, 1.54) is 0 Å². The van der Waals surface area contributed by atoms with Crippen LogP contribution in [0.4, 0.5) is 0 Å². The predicted octanol–water partition coefficient (Wildman–Crippen LogP) is 1.90. The van der Waals surface area contributed by atoms with Gasteiger partial charge in [0.15, 0.2) is 5.76 Å². The van der Waals surface area contributed by atoms with Gasteiger partial charge in [0.1, 0.15) is 18.1 Å². The third kappa shape index (κ3) is 6.22. The number of carbonyl (C=O) groups is 2. The Morgan fingerprint density at radius 2 is 1.58 bits per heavy atom. The highest BCUT2D eigenvalue weighted by Gasteiger charge is 2.26. The van der Waals surface area contributed by atoms with Gasteiger partial charge in [0, 0.05) is 39.3 Å². The topological polar surface area (TPSA) is 75.5 Å². The highest BCUT2D eigenvalue weighted by Crippen LogP contribution is 2.16. The molecule has 0 radical (unpaired) electrons. The number of nitrogens with zero attached hydrogens (tertiary/aromatic N) is 3. The van der Waals surface area contributed by atoms with Gasteiger partial charge in [0.05, 0.1) is 19.8 Å². The van der Waals surface area contributed by atoms with E-state index in [0.717, 1.165) is 5.75 Å². The molecule has 2 aliphatic heterocycles. The third-order valence-electron chi connectivity index (χ3n) is 5.38. The van der Waals surface area contributed by atoms with Crippen LogP contribution in [0.5, 0.6) is 5.75 Å². The smallest absolute Gasteiger partial charge is 0.289 e. The van der Waals surface area contributed by atoms with E-state index in [9.17, 15) is 9.59 Å². The number of benzene rings is 1. The summed E-state index contributed by atoms with van der Waals surface area (Å²) < 4.78 is 16.6. The first-order valence-electron chi connectivity index (χ1n) is 10.3. The summed E-state index contributed by atoms with van der Waals surface area (Å²) in [4.78, 5) is 30.9. The second-order valence-corrected chi connectivity index (χ2v) is 7.43. The number of hydrogen-bond acceptors (Lipinski definition) is 6. The fraction of sp³-hybridized carbons (Fsp3) is 0.455. The number of ether oxygens (including phenoxy) is 2. The molecular weight excluding hydrogens is 422 g/mol. The van der Waals surface area contributed by atoms with Gasteiger partial charge in [-0.15, -0.1) is 12.4 Å². The molecule has 2 aromatic rings. The lowest BCUT2D eigenvalue weighted by Gasteiger charge is -2.35.